The molecule has 0 saturated heterocycles. The number of furan rings is 1. The van der Waals surface area contributed by atoms with Gasteiger partial charge in [-0.05, 0) is 141 Å². The van der Waals surface area contributed by atoms with Crippen LogP contribution in [0, 0.1) is 6.92 Å². The van der Waals surface area contributed by atoms with Crippen molar-refractivity contribution in [2.24, 2.45) is 0 Å². The van der Waals surface area contributed by atoms with Crippen molar-refractivity contribution in [3.8, 4) is 0 Å². The van der Waals surface area contributed by atoms with E-state index in [0.717, 1.165) is 27.6 Å². The van der Waals surface area contributed by atoms with E-state index < -0.39 is 0 Å². The Balaban J connectivity index is 1.29. The van der Waals surface area contributed by atoms with E-state index in [4.69, 9.17) is 4.42 Å². The fourth-order valence-corrected chi connectivity index (χ4v) is 12.1. The zero-order valence-corrected chi connectivity index (χ0v) is 37.9. The van der Waals surface area contributed by atoms with Crippen molar-refractivity contribution in [2.45, 2.75) is 111 Å². The maximum atomic E-state index is 6.62. The molecule has 4 heterocycles. The van der Waals surface area contributed by atoms with Crippen LogP contribution in [0.1, 0.15) is 110 Å². The summed E-state index contributed by atoms with van der Waals surface area (Å²) in [6.07, 6.45) is 2.37. The second kappa shape index (κ2) is 12.4. The van der Waals surface area contributed by atoms with Crippen LogP contribution in [0.15, 0.2) is 114 Å². The summed E-state index contributed by atoms with van der Waals surface area (Å²) in [6, 6.07) is 42.0. The lowest BCUT2D eigenvalue weighted by Gasteiger charge is -2.44. The molecule has 300 valence electrons. The van der Waals surface area contributed by atoms with Crippen molar-refractivity contribution in [1.29, 1.82) is 0 Å². The Morgan fingerprint density at radius 1 is 0.600 bits per heavy atom. The molecule has 0 bridgehead atoms. The maximum Gasteiger partial charge on any atom is 0.264 e. The van der Waals surface area contributed by atoms with Crippen LogP contribution in [0.4, 0.5) is 34.1 Å². The van der Waals surface area contributed by atoms with Crippen LogP contribution in [0.2, 0.25) is 0 Å². The molecule has 0 N–H and O–H groups in total. The quantitative estimate of drug-likeness (QED) is 0.162. The van der Waals surface area contributed by atoms with Gasteiger partial charge in [0, 0.05) is 43.0 Å². The average Bonchev–Trinajstić information content (AvgIpc) is 3.77. The van der Waals surface area contributed by atoms with Gasteiger partial charge in [-0.15, -0.1) is 11.3 Å². The van der Waals surface area contributed by atoms with Crippen LogP contribution in [-0.2, 0) is 21.7 Å². The summed E-state index contributed by atoms with van der Waals surface area (Å²) in [4.78, 5) is 5.21. The first-order chi connectivity index (χ1) is 28.4. The molecule has 0 fully saturated rings. The molecule has 11 rings (SSSR count). The van der Waals surface area contributed by atoms with Gasteiger partial charge >= 0.3 is 0 Å². The van der Waals surface area contributed by atoms with E-state index >= 15 is 0 Å². The minimum absolute atomic E-state index is 0.0114. The van der Waals surface area contributed by atoms with E-state index in [2.05, 4.69) is 195 Å². The molecular formula is C55H55BN2OS. The summed E-state index contributed by atoms with van der Waals surface area (Å²) in [5, 5.41) is 3.66. The van der Waals surface area contributed by atoms with Crippen LogP contribution in [0.25, 0.3) is 32.0 Å². The highest BCUT2D eigenvalue weighted by atomic mass is 32.1. The molecule has 8 aromatic rings. The molecule has 0 radical (unpaired) electrons. The largest absolute Gasteiger partial charge is 0.456 e. The number of rotatable bonds is 2. The SMILES string of the molecule is Cc1cc2c3c(c1)N(c1cccc4oc5ccccc5c14)c1c(sc4cc5c(cc14)C(C)(C)CCC5(C)C)B3c1cc(C(C)(C)C)ccc1N2c1ccc(C(C)(C)C)cc1. The summed E-state index contributed by atoms with van der Waals surface area (Å²) in [6.45, 7) is 26.1. The summed E-state index contributed by atoms with van der Waals surface area (Å²) in [7, 11) is 0. The van der Waals surface area contributed by atoms with Crippen molar-refractivity contribution in [3.05, 3.63) is 137 Å². The van der Waals surface area contributed by atoms with E-state index in [0.29, 0.717) is 0 Å². The predicted octanol–water partition coefficient (Wildman–Crippen LogP) is 14.1. The topological polar surface area (TPSA) is 19.6 Å². The average molecular weight is 803 g/mol. The zero-order chi connectivity index (χ0) is 41.8. The summed E-state index contributed by atoms with van der Waals surface area (Å²) < 4.78 is 9.41. The number of thiophene rings is 1. The number of para-hydroxylation sites is 1. The summed E-state index contributed by atoms with van der Waals surface area (Å²) in [5.41, 5.74) is 19.2. The standard InChI is InChI=1S/C55H55BN2OS/c1-32-27-43-49-44(28-32)58(42-16-14-18-46-48(42)36-15-12-13-17-45(36)59-46)50-37-30-38-39(55(10,11)26-25-54(38,8)9)31-47(37)60-51(50)56(49)40-29-34(53(5,6)7)21-24-41(40)57(43)35-22-19-33(20-23-35)52(2,3)4/h12-24,27-31H,25-26H2,1-11H3. The molecule has 5 heteroatoms. The molecule has 3 aliphatic rings. The third kappa shape index (κ3) is 5.40. The van der Waals surface area contributed by atoms with Crippen LogP contribution in [-0.4, -0.2) is 6.71 Å². The molecule has 3 nitrogen and oxygen atoms in total. The fraction of sp³-hybridized carbons (Fsp3) is 0.309. The molecule has 0 amide bonds. The molecule has 2 aliphatic heterocycles. The van der Waals surface area contributed by atoms with Crippen LogP contribution >= 0.6 is 11.3 Å². The van der Waals surface area contributed by atoms with Gasteiger partial charge in [0.15, 0.2) is 0 Å². The van der Waals surface area contributed by atoms with Crippen LogP contribution < -0.4 is 25.5 Å². The fourth-order valence-electron chi connectivity index (χ4n) is 10.7. The van der Waals surface area contributed by atoms with Gasteiger partial charge in [0.1, 0.15) is 11.2 Å². The second-order valence-corrected chi connectivity index (χ2v) is 22.5. The Kier molecular flexibility index (Phi) is 7.81. The summed E-state index contributed by atoms with van der Waals surface area (Å²) in [5.74, 6) is 0. The number of hydrogen-bond acceptors (Lipinski definition) is 4. The van der Waals surface area contributed by atoms with Gasteiger partial charge in [-0.2, -0.15) is 0 Å². The van der Waals surface area contributed by atoms with Crippen molar-refractivity contribution < 1.29 is 4.42 Å². The maximum absolute atomic E-state index is 6.62. The molecule has 0 unspecified atom stereocenters. The van der Waals surface area contributed by atoms with Crippen LogP contribution in [0.5, 0.6) is 0 Å². The van der Waals surface area contributed by atoms with E-state index in [1.54, 1.807) is 0 Å². The number of anilines is 6. The number of hydrogen-bond donors (Lipinski definition) is 0. The van der Waals surface area contributed by atoms with Crippen molar-refractivity contribution in [3.63, 3.8) is 0 Å². The molecule has 60 heavy (non-hydrogen) atoms. The minimum Gasteiger partial charge on any atom is -0.456 e. The van der Waals surface area contributed by atoms with Gasteiger partial charge in [0.2, 0.25) is 0 Å². The number of benzene rings is 6. The first kappa shape index (κ1) is 37.7. The second-order valence-electron chi connectivity index (χ2n) is 21.4. The van der Waals surface area contributed by atoms with Gasteiger partial charge in [-0.3, -0.25) is 0 Å². The summed E-state index contributed by atoms with van der Waals surface area (Å²) >= 11 is 2.02. The van der Waals surface area contributed by atoms with Crippen molar-refractivity contribution >= 4 is 99.9 Å². The number of nitrogens with zero attached hydrogens (tertiary/aromatic N) is 2. The molecule has 0 spiro atoms. The monoisotopic (exact) mass is 802 g/mol. The van der Waals surface area contributed by atoms with Crippen molar-refractivity contribution in [1.82, 2.24) is 0 Å². The molecule has 0 atom stereocenters. The molecular weight excluding hydrogens is 747 g/mol. The highest BCUT2D eigenvalue weighted by Gasteiger charge is 2.47. The third-order valence-electron chi connectivity index (χ3n) is 14.3. The van der Waals surface area contributed by atoms with Gasteiger partial charge in [-0.1, -0.05) is 118 Å². The minimum atomic E-state index is -0.0114. The first-order valence-corrected chi connectivity index (χ1v) is 22.7. The Hall–Kier alpha value is -5.26. The van der Waals surface area contributed by atoms with E-state index in [9.17, 15) is 0 Å². The lowest BCUT2D eigenvalue weighted by molar-refractivity contribution is 0.332. The Morgan fingerprint density at radius 3 is 1.93 bits per heavy atom. The number of aryl methyl sites for hydroxylation is 1. The van der Waals surface area contributed by atoms with Crippen molar-refractivity contribution in [2.75, 3.05) is 9.80 Å². The lowest BCUT2D eigenvalue weighted by atomic mass is 9.36. The van der Waals surface area contributed by atoms with E-state index in [1.807, 2.05) is 11.3 Å². The molecule has 1 aliphatic carbocycles. The normalized spacial score (nSPS) is 16.6. The first-order valence-electron chi connectivity index (χ1n) is 21.9. The lowest BCUT2D eigenvalue weighted by Crippen LogP contribution is -2.60. The Morgan fingerprint density at radius 2 is 1.23 bits per heavy atom. The van der Waals surface area contributed by atoms with Gasteiger partial charge in [0.05, 0.1) is 16.8 Å². The van der Waals surface area contributed by atoms with E-state index in [1.165, 1.54) is 94.9 Å². The third-order valence-corrected chi connectivity index (χ3v) is 15.5. The zero-order valence-electron chi connectivity index (χ0n) is 37.1. The highest BCUT2D eigenvalue weighted by molar-refractivity contribution is 7.33. The highest BCUT2D eigenvalue weighted by Crippen LogP contribution is 2.54. The molecule has 2 aromatic heterocycles. The predicted molar refractivity (Wildman–Crippen MR) is 261 cm³/mol. The Labute approximate surface area is 360 Å². The van der Waals surface area contributed by atoms with Gasteiger partial charge < -0.3 is 14.2 Å². The van der Waals surface area contributed by atoms with Gasteiger partial charge in [-0.25, -0.2) is 0 Å². The smallest absolute Gasteiger partial charge is 0.264 e. The van der Waals surface area contributed by atoms with E-state index in [-0.39, 0.29) is 28.4 Å². The van der Waals surface area contributed by atoms with Gasteiger partial charge in [0.25, 0.3) is 6.71 Å². The van der Waals surface area contributed by atoms with Crippen LogP contribution in [0.3, 0.4) is 0 Å². The number of fused-ring (bicyclic) bond motifs is 10. The molecule has 6 aromatic carbocycles. The molecule has 0 saturated carbocycles. The Bertz CT molecular complexity index is 3090.